The van der Waals surface area contributed by atoms with Crippen molar-refractivity contribution in [2.45, 2.75) is 56.7 Å². The zero-order chi connectivity index (χ0) is 22.4. The fraction of sp³-hybridized carbons (Fsp3) is 0.600. The molecule has 2 aromatic rings. The van der Waals surface area contributed by atoms with Crippen LogP contribution in [0.2, 0.25) is 0 Å². The molecule has 170 valence electrons. The second-order valence-corrected chi connectivity index (χ2v) is 8.03. The molecule has 3 atom stereocenters. The Morgan fingerprint density at radius 3 is 2.68 bits per heavy atom. The van der Waals surface area contributed by atoms with Gasteiger partial charge in [-0.3, -0.25) is 4.79 Å². The average Bonchev–Trinajstić information content (AvgIpc) is 3.25. The van der Waals surface area contributed by atoms with Crippen molar-refractivity contribution in [2.24, 2.45) is 17.4 Å². The number of carbonyl (C=O) groups is 1. The van der Waals surface area contributed by atoms with Gasteiger partial charge >= 0.3 is 5.97 Å². The minimum atomic E-state index is -0.933. The van der Waals surface area contributed by atoms with E-state index < -0.39 is 12.0 Å². The van der Waals surface area contributed by atoms with Gasteiger partial charge in [-0.25, -0.2) is 4.98 Å². The molecule has 1 unspecified atom stereocenters. The second kappa shape index (κ2) is 10.5. The number of carboxylic acid groups (broad SMARTS) is 1. The summed E-state index contributed by atoms with van der Waals surface area (Å²) in [5.41, 5.74) is 17.8. The van der Waals surface area contributed by atoms with Crippen molar-refractivity contribution >= 4 is 28.9 Å². The molecule has 2 aromatic heterocycles. The lowest BCUT2D eigenvalue weighted by molar-refractivity contribution is -0.138. The van der Waals surface area contributed by atoms with E-state index in [0.29, 0.717) is 19.0 Å². The standard InChI is InChI=1S/C14H18N6O.C6H14N2O2/c15-14-18-12(17-9-2-3-9)11-13(19-14)20(7-16-11)10-4-1-8(5-10)6-21;7-4-2-1-3-5(8)6(9)10/h1,4,7-10,21H,2-3,5-6H2,(H3,15,17,18,19);5H,1-4,7-8H2,(H,9,10)/t8-,10+;/m1./s1. The first-order valence-electron chi connectivity index (χ1n) is 10.7. The second-order valence-electron chi connectivity index (χ2n) is 8.03. The summed E-state index contributed by atoms with van der Waals surface area (Å²) in [7, 11) is 0. The van der Waals surface area contributed by atoms with Gasteiger partial charge in [0, 0.05) is 18.6 Å². The number of fused-ring (bicyclic) bond motifs is 1. The van der Waals surface area contributed by atoms with Gasteiger partial charge in [0.2, 0.25) is 5.95 Å². The summed E-state index contributed by atoms with van der Waals surface area (Å²) in [6, 6.07) is -0.0698. The van der Waals surface area contributed by atoms with Crippen molar-refractivity contribution in [3.05, 3.63) is 18.5 Å². The lowest BCUT2D eigenvalue weighted by Gasteiger charge is -2.13. The van der Waals surface area contributed by atoms with Crippen LogP contribution in [0.1, 0.15) is 44.6 Å². The summed E-state index contributed by atoms with van der Waals surface area (Å²) in [6.07, 6.45) is 11.3. The van der Waals surface area contributed by atoms with Gasteiger partial charge < -0.3 is 37.3 Å². The van der Waals surface area contributed by atoms with E-state index in [4.69, 9.17) is 22.3 Å². The summed E-state index contributed by atoms with van der Waals surface area (Å²) >= 11 is 0. The molecule has 0 radical (unpaired) electrons. The van der Waals surface area contributed by atoms with Crippen LogP contribution in [0.25, 0.3) is 11.2 Å². The fourth-order valence-corrected chi connectivity index (χ4v) is 3.42. The van der Waals surface area contributed by atoms with Crippen LogP contribution in [-0.4, -0.2) is 60.9 Å². The molecule has 11 heteroatoms. The molecule has 2 aliphatic rings. The number of nitrogen functional groups attached to an aromatic ring is 1. The maximum Gasteiger partial charge on any atom is 0.320 e. The Balaban J connectivity index is 0.000000233. The quantitative estimate of drug-likeness (QED) is 0.242. The number of aromatic nitrogens is 4. The van der Waals surface area contributed by atoms with E-state index in [2.05, 4.69) is 26.3 Å². The maximum absolute atomic E-state index is 10.1. The fourth-order valence-electron chi connectivity index (χ4n) is 3.42. The molecule has 0 saturated heterocycles. The third-order valence-corrected chi connectivity index (χ3v) is 5.38. The largest absolute Gasteiger partial charge is 0.480 e. The van der Waals surface area contributed by atoms with Crippen LogP contribution in [0.3, 0.4) is 0 Å². The molecule has 0 amide bonds. The van der Waals surface area contributed by atoms with E-state index in [9.17, 15) is 9.90 Å². The molecule has 11 nitrogen and oxygen atoms in total. The van der Waals surface area contributed by atoms with Gasteiger partial charge in [-0.2, -0.15) is 9.97 Å². The van der Waals surface area contributed by atoms with Gasteiger partial charge in [-0.1, -0.05) is 18.6 Å². The van der Waals surface area contributed by atoms with Crippen molar-refractivity contribution in [3.8, 4) is 0 Å². The number of hydrogen-bond donors (Lipinski definition) is 6. The molecule has 0 aromatic carbocycles. The minimum absolute atomic E-state index is 0.162. The number of imidazole rings is 1. The first-order valence-corrected chi connectivity index (χ1v) is 10.7. The van der Waals surface area contributed by atoms with Gasteiger partial charge in [-0.15, -0.1) is 0 Å². The number of aliphatic hydroxyl groups excluding tert-OH is 1. The van der Waals surface area contributed by atoms with Crippen molar-refractivity contribution < 1.29 is 15.0 Å². The molecule has 0 aliphatic heterocycles. The Bertz CT molecular complexity index is 911. The molecule has 9 N–H and O–H groups in total. The van der Waals surface area contributed by atoms with E-state index in [1.165, 1.54) is 0 Å². The lowest BCUT2D eigenvalue weighted by Crippen LogP contribution is -2.29. The average molecular weight is 433 g/mol. The van der Waals surface area contributed by atoms with Gasteiger partial charge in [0.1, 0.15) is 6.04 Å². The normalized spacial score (nSPS) is 21.0. The molecule has 1 fully saturated rings. The van der Waals surface area contributed by atoms with Crippen molar-refractivity contribution in [1.82, 2.24) is 19.5 Å². The summed E-state index contributed by atoms with van der Waals surface area (Å²) in [6.45, 7) is 0.775. The minimum Gasteiger partial charge on any atom is -0.480 e. The maximum atomic E-state index is 10.1. The SMILES string of the molecule is NCCCCC(N)C(=O)O.Nc1nc(NC2CC2)c2ncn([C@H]3C=C[C@@H](CO)C3)c2n1. The number of nitrogens with zero attached hydrogens (tertiary/aromatic N) is 4. The highest BCUT2D eigenvalue weighted by molar-refractivity contribution is 5.84. The number of aliphatic carboxylic acids is 1. The monoisotopic (exact) mass is 432 g/mol. The number of carboxylic acids is 1. The molecule has 2 aliphatic carbocycles. The number of aliphatic hydroxyl groups is 1. The smallest absolute Gasteiger partial charge is 0.320 e. The van der Waals surface area contributed by atoms with Crippen LogP contribution < -0.4 is 22.5 Å². The first-order chi connectivity index (χ1) is 14.9. The van der Waals surface area contributed by atoms with Gasteiger partial charge in [0.15, 0.2) is 17.0 Å². The van der Waals surface area contributed by atoms with E-state index in [0.717, 1.165) is 49.1 Å². The predicted molar refractivity (Wildman–Crippen MR) is 118 cm³/mol. The van der Waals surface area contributed by atoms with Crippen LogP contribution in [0.4, 0.5) is 11.8 Å². The van der Waals surface area contributed by atoms with E-state index in [1.54, 1.807) is 6.33 Å². The molecular weight excluding hydrogens is 400 g/mol. The third kappa shape index (κ3) is 6.12. The van der Waals surface area contributed by atoms with Gasteiger partial charge in [-0.05, 0) is 38.6 Å². The molecular formula is C20H32N8O3. The molecule has 0 spiro atoms. The van der Waals surface area contributed by atoms with Crippen molar-refractivity contribution in [3.63, 3.8) is 0 Å². The molecule has 0 bridgehead atoms. The summed E-state index contributed by atoms with van der Waals surface area (Å²) in [5.74, 6) is 0.250. The Labute approximate surface area is 180 Å². The van der Waals surface area contributed by atoms with Crippen molar-refractivity contribution in [1.29, 1.82) is 0 Å². The number of nitrogens with one attached hydrogen (secondary N) is 1. The van der Waals surface area contributed by atoms with E-state index >= 15 is 0 Å². The zero-order valence-electron chi connectivity index (χ0n) is 17.5. The lowest BCUT2D eigenvalue weighted by atomic mass is 10.1. The number of rotatable bonds is 9. The molecule has 1 saturated carbocycles. The molecule has 4 rings (SSSR count). The Hall–Kier alpha value is -2.76. The number of anilines is 2. The van der Waals surface area contributed by atoms with Crippen LogP contribution in [0.15, 0.2) is 18.5 Å². The third-order valence-electron chi connectivity index (χ3n) is 5.38. The number of allylic oxidation sites excluding steroid dienone is 1. The van der Waals surface area contributed by atoms with E-state index in [-0.39, 0.29) is 24.5 Å². The van der Waals surface area contributed by atoms with Crippen molar-refractivity contribution in [2.75, 3.05) is 24.2 Å². The van der Waals surface area contributed by atoms with Gasteiger partial charge in [0.25, 0.3) is 0 Å². The zero-order valence-corrected chi connectivity index (χ0v) is 17.5. The van der Waals surface area contributed by atoms with Crippen LogP contribution in [-0.2, 0) is 4.79 Å². The molecule has 2 heterocycles. The highest BCUT2D eigenvalue weighted by Gasteiger charge is 2.26. The summed E-state index contributed by atoms with van der Waals surface area (Å²) in [5, 5.41) is 20.9. The van der Waals surface area contributed by atoms with Crippen LogP contribution in [0.5, 0.6) is 0 Å². The Kier molecular flexibility index (Phi) is 7.77. The Morgan fingerprint density at radius 2 is 2.06 bits per heavy atom. The van der Waals surface area contributed by atoms with Crippen LogP contribution in [0, 0.1) is 5.92 Å². The van der Waals surface area contributed by atoms with E-state index in [1.807, 2.05) is 10.6 Å². The number of unbranched alkanes of at least 4 members (excludes halogenated alkanes) is 1. The predicted octanol–water partition coefficient (Wildman–Crippen LogP) is 0.620. The topological polar surface area (TPSA) is 191 Å². The van der Waals surface area contributed by atoms with Crippen LogP contribution >= 0.6 is 0 Å². The summed E-state index contributed by atoms with van der Waals surface area (Å²) < 4.78 is 2.01. The Morgan fingerprint density at radius 1 is 1.29 bits per heavy atom. The number of hydrogen-bond acceptors (Lipinski definition) is 9. The first kappa shape index (κ1) is 22.9. The number of nitrogens with two attached hydrogens (primary N) is 3. The highest BCUT2D eigenvalue weighted by Crippen LogP contribution is 2.32. The molecule has 31 heavy (non-hydrogen) atoms. The van der Waals surface area contributed by atoms with Gasteiger partial charge in [0.05, 0.1) is 12.4 Å². The highest BCUT2D eigenvalue weighted by atomic mass is 16.4. The summed E-state index contributed by atoms with van der Waals surface area (Å²) in [4.78, 5) is 23.2.